The maximum absolute atomic E-state index is 13.0. The van der Waals surface area contributed by atoms with Gasteiger partial charge in [0.25, 0.3) is 11.8 Å². The number of anilines is 1. The molecule has 0 bridgehead atoms. The molecule has 3 aromatic rings. The number of hydrogen-bond acceptors (Lipinski definition) is 4. The number of aromatic nitrogens is 1. The Kier molecular flexibility index (Phi) is 4.87. The van der Waals surface area contributed by atoms with Crippen molar-refractivity contribution >= 4 is 28.6 Å². The maximum Gasteiger partial charge on any atom is 0.275 e. The van der Waals surface area contributed by atoms with Crippen LogP contribution in [0.15, 0.2) is 60.4 Å². The quantitative estimate of drug-likeness (QED) is 0.630. The van der Waals surface area contributed by atoms with E-state index in [1.807, 2.05) is 48.5 Å². The van der Waals surface area contributed by atoms with E-state index in [0.717, 1.165) is 42.6 Å². The van der Waals surface area contributed by atoms with E-state index in [1.54, 1.807) is 0 Å². The monoisotopic (exact) mass is 414 g/mol. The molecule has 6 nitrogen and oxygen atoms in total. The molecular formula is C25H26N4O2. The molecule has 31 heavy (non-hydrogen) atoms. The van der Waals surface area contributed by atoms with Gasteiger partial charge in [0.2, 0.25) is 0 Å². The van der Waals surface area contributed by atoms with Gasteiger partial charge in [0.15, 0.2) is 0 Å². The zero-order valence-electron chi connectivity index (χ0n) is 17.8. The smallest absolute Gasteiger partial charge is 0.275 e. The van der Waals surface area contributed by atoms with E-state index in [0.29, 0.717) is 17.2 Å². The van der Waals surface area contributed by atoms with Crippen molar-refractivity contribution in [1.82, 2.24) is 14.6 Å². The Bertz CT molecular complexity index is 1210. The SMILES string of the molecule is CN(C)CC1CCc2c(c(C3=C(Nc4ccccc4)C(=O)NC3=O)c3ccccn23)C1. The Balaban J connectivity index is 1.70. The molecule has 1 aromatic carbocycles. The molecule has 0 spiro atoms. The van der Waals surface area contributed by atoms with Crippen LogP contribution in [0.4, 0.5) is 5.69 Å². The van der Waals surface area contributed by atoms with E-state index in [4.69, 9.17) is 0 Å². The summed E-state index contributed by atoms with van der Waals surface area (Å²) in [5.41, 5.74) is 5.86. The van der Waals surface area contributed by atoms with Gasteiger partial charge in [-0.15, -0.1) is 0 Å². The van der Waals surface area contributed by atoms with Gasteiger partial charge < -0.3 is 14.6 Å². The largest absolute Gasteiger partial charge is 0.350 e. The fraction of sp³-hybridized carbons (Fsp3) is 0.280. The van der Waals surface area contributed by atoms with Crippen LogP contribution >= 0.6 is 0 Å². The number of nitrogens with zero attached hydrogens (tertiary/aromatic N) is 2. The maximum atomic E-state index is 13.0. The van der Waals surface area contributed by atoms with Crippen molar-refractivity contribution < 1.29 is 9.59 Å². The highest BCUT2D eigenvalue weighted by Crippen LogP contribution is 2.39. The van der Waals surface area contributed by atoms with Gasteiger partial charge in [0, 0.05) is 29.7 Å². The first-order valence-electron chi connectivity index (χ1n) is 10.7. The van der Waals surface area contributed by atoms with Gasteiger partial charge in [-0.3, -0.25) is 14.9 Å². The number of rotatable bonds is 5. The van der Waals surface area contributed by atoms with Gasteiger partial charge in [-0.2, -0.15) is 0 Å². The molecular weight excluding hydrogens is 388 g/mol. The minimum atomic E-state index is -0.381. The van der Waals surface area contributed by atoms with E-state index in [9.17, 15) is 9.59 Å². The van der Waals surface area contributed by atoms with Crippen LogP contribution in [0.3, 0.4) is 0 Å². The third-order valence-electron chi connectivity index (χ3n) is 6.19. The molecule has 1 unspecified atom stereocenters. The third kappa shape index (κ3) is 3.43. The third-order valence-corrected chi connectivity index (χ3v) is 6.19. The number of para-hydroxylation sites is 1. The number of imide groups is 1. The molecule has 1 aliphatic heterocycles. The lowest BCUT2D eigenvalue weighted by Gasteiger charge is -2.26. The van der Waals surface area contributed by atoms with Gasteiger partial charge in [0.1, 0.15) is 5.70 Å². The van der Waals surface area contributed by atoms with Crippen LogP contribution in [-0.4, -0.2) is 41.8 Å². The van der Waals surface area contributed by atoms with Crippen LogP contribution in [-0.2, 0) is 22.4 Å². The average Bonchev–Trinajstić information content (AvgIpc) is 3.21. The molecule has 0 saturated heterocycles. The molecule has 2 amide bonds. The van der Waals surface area contributed by atoms with Gasteiger partial charge in [-0.25, -0.2) is 0 Å². The molecule has 3 heterocycles. The first-order chi connectivity index (χ1) is 15.0. The molecule has 1 aliphatic carbocycles. The van der Waals surface area contributed by atoms with Crippen LogP contribution in [0.1, 0.15) is 23.2 Å². The number of amides is 2. The first-order valence-corrected chi connectivity index (χ1v) is 10.7. The summed E-state index contributed by atoms with van der Waals surface area (Å²) in [4.78, 5) is 28.0. The molecule has 2 aromatic heterocycles. The van der Waals surface area contributed by atoms with Crippen molar-refractivity contribution in [2.24, 2.45) is 5.92 Å². The van der Waals surface area contributed by atoms with E-state index in [1.165, 1.54) is 11.3 Å². The number of carbonyl (C=O) groups is 2. The predicted molar refractivity (Wildman–Crippen MR) is 122 cm³/mol. The van der Waals surface area contributed by atoms with Gasteiger partial charge in [0.05, 0.1) is 11.1 Å². The number of nitrogens with one attached hydrogen (secondary N) is 2. The summed E-state index contributed by atoms with van der Waals surface area (Å²) in [7, 11) is 4.19. The Morgan fingerprint density at radius 1 is 1.06 bits per heavy atom. The fourth-order valence-corrected chi connectivity index (χ4v) is 4.98. The van der Waals surface area contributed by atoms with Gasteiger partial charge in [-0.1, -0.05) is 24.3 Å². The van der Waals surface area contributed by atoms with Crippen LogP contribution in [0.25, 0.3) is 11.1 Å². The van der Waals surface area contributed by atoms with Crippen molar-refractivity contribution in [2.75, 3.05) is 26.0 Å². The van der Waals surface area contributed by atoms with Crippen molar-refractivity contribution in [2.45, 2.75) is 19.3 Å². The molecule has 0 saturated carbocycles. The van der Waals surface area contributed by atoms with Crippen molar-refractivity contribution in [3.63, 3.8) is 0 Å². The lowest BCUT2D eigenvalue weighted by Crippen LogP contribution is -2.27. The minimum absolute atomic E-state index is 0.324. The van der Waals surface area contributed by atoms with Crippen molar-refractivity contribution in [1.29, 1.82) is 0 Å². The summed E-state index contributed by atoms with van der Waals surface area (Å²) >= 11 is 0. The summed E-state index contributed by atoms with van der Waals surface area (Å²) in [5, 5.41) is 5.71. The van der Waals surface area contributed by atoms with Crippen molar-refractivity contribution in [3.8, 4) is 0 Å². The Morgan fingerprint density at radius 3 is 2.61 bits per heavy atom. The molecule has 2 aliphatic rings. The highest BCUT2D eigenvalue weighted by atomic mass is 16.2. The van der Waals surface area contributed by atoms with Gasteiger partial charge in [-0.05, 0) is 69.1 Å². The summed E-state index contributed by atoms with van der Waals surface area (Å²) < 4.78 is 2.19. The van der Waals surface area contributed by atoms with Crippen LogP contribution in [0.2, 0.25) is 0 Å². The van der Waals surface area contributed by atoms with Crippen LogP contribution in [0, 0.1) is 5.92 Å². The standard InChI is InChI=1S/C25H26N4O2/c1-28(2)15-16-11-12-19-18(14-16)21(20-10-6-7-13-29(19)20)22-23(25(31)27-24(22)30)26-17-8-4-3-5-9-17/h3-10,13,16H,11-12,14-15H2,1-2H3,(H2,26,27,30,31). The molecule has 1 atom stereocenters. The topological polar surface area (TPSA) is 65.9 Å². The second-order valence-corrected chi connectivity index (χ2v) is 8.65. The molecule has 2 N–H and O–H groups in total. The number of aryl methyl sites for hydroxylation is 1. The summed E-state index contributed by atoms with van der Waals surface area (Å²) in [6.07, 6.45) is 5.03. The highest BCUT2D eigenvalue weighted by Gasteiger charge is 2.37. The van der Waals surface area contributed by atoms with E-state index in [2.05, 4.69) is 40.2 Å². The normalized spacial score (nSPS) is 18.6. The summed E-state index contributed by atoms with van der Waals surface area (Å²) in [6.45, 7) is 1.00. The second kappa shape index (κ2) is 7.71. The number of benzene rings is 1. The lowest BCUT2D eigenvalue weighted by molar-refractivity contribution is -0.123. The van der Waals surface area contributed by atoms with E-state index in [-0.39, 0.29) is 11.8 Å². The van der Waals surface area contributed by atoms with Crippen LogP contribution < -0.4 is 10.6 Å². The highest BCUT2D eigenvalue weighted by molar-refractivity contribution is 6.38. The minimum Gasteiger partial charge on any atom is -0.350 e. The number of carbonyl (C=O) groups excluding carboxylic acids is 2. The zero-order valence-corrected chi connectivity index (χ0v) is 17.8. The fourth-order valence-electron chi connectivity index (χ4n) is 4.98. The lowest BCUT2D eigenvalue weighted by atomic mass is 9.84. The molecule has 0 radical (unpaired) electrons. The Morgan fingerprint density at radius 2 is 1.84 bits per heavy atom. The summed E-state index contributed by atoms with van der Waals surface area (Å²) in [5.74, 6) is -0.198. The zero-order chi connectivity index (χ0) is 21.5. The van der Waals surface area contributed by atoms with Gasteiger partial charge >= 0.3 is 0 Å². The van der Waals surface area contributed by atoms with Crippen LogP contribution in [0.5, 0.6) is 0 Å². The number of hydrogen-bond donors (Lipinski definition) is 2. The molecule has 5 rings (SSSR count). The predicted octanol–water partition coefficient (Wildman–Crippen LogP) is 3.09. The Labute approximate surface area is 181 Å². The number of pyridine rings is 1. The van der Waals surface area contributed by atoms with E-state index < -0.39 is 0 Å². The number of fused-ring (bicyclic) bond motifs is 3. The average molecular weight is 415 g/mol. The first kappa shape index (κ1) is 19.6. The summed E-state index contributed by atoms with van der Waals surface area (Å²) in [6, 6.07) is 15.5. The molecule has 158 valence electrons. The molecule has 6 heteroatoms. The van der Waals surface area contributed by atoms with Crippen molar-refractivity contribution in [3.05, 3.63) is 77.2 Å². The second-order valence-electron chi connectivity index (χ2n) is 8.65. The molecule has 0 fully saturated rings. The van der Waals surface area contributed by atoms with E-state index >= 15 is 0 Å². The Hall–Kier alpha value is -3.38.